The quantitative estimate of drug-likeness (QED) is 0.412. The number of nitrogens with zero attached hydrogens (tertiary/aromatic N) is 1. The fourth-order valence-electron chi connectivity index (χ4n) is 1.44. The van der Waals surface area contributed by atoms with E-state index in [1.165, 1.54) is 0 Å². The Balaban J connectivity index is 4.67. The number of thiol groups is 1. The van der Waals surface area contributed by atoms with E-state index in [-0.39, 0.29) is 18.4 Å². The highest BCUT2D eigenvalue weighted by atomic mass is 32.2. The third-order valence-electron chi connectivity index (χ3n) is 2.56. The summed E-state index contributed by atoms with van der Waals surface area (Å²) in [6.45, 7) is 8.96. The van der Waals surface area contributed by atoms with Crippen LogP contribution in [0.15, 0.2) is 4.40 Å². The molecule has 0 bridgehead atoms. The van der Waals surface area contributed by atoms with Gasteiger partial charge in [0.2, 0.25) is 0 Å². The lowest BCUT2D eigenvalue weighted by Gasteiger charge is -2.34. The molecule has 0 rings (SSSR count). The van der Waals surface area contributed by atoms with E-state index in [1.54, 1.807) is 14.0 Å². The van der Waals surface area contributed by atoms with Crippen molar-refractivity contribution in [2.75, 3.05) is 13.7 Å². The van der Waals surface area contributed by atoms with Gasteiger partial charge in [0.05, 0.1) is 0 Å². The summed E-state index contributed by atoms with van der Waals surface area (Å²) in [5, 5.41) is 0. The number of nitrogens with one attached hydrogen (secondary N) is 1. The molecule has 96 valence electrons. The Morgan fingerprint density at radius 3 is 2.38 bits per heavy atom. The summed E-state index contributed by atoms with van der Waals surface area (Å²) in [5.41, 5.74) is 0. The van der Waals surface area contributed by atoms with E-state index >= 15 is 0 Å². The Morgan fingerprint density at radius 1 is 1.56 bits per heavy atom. The molecule has 5 nitrogen and oxygen atoms in total. The van der Waals surface area contributed by atoms with E-state index in [1.807, 2.05) is 13.8 Å². The maximum atomic E-state index is 11.1. The average molecular weight is 268 g/mol. The van der Waals surface area contributed by atoms with Crippen molar-refractivity contribution in [2.24, 2.45) is 16.2 Å². The average Bonchev–Trinajstić information content (AvgIpc) is 2.17. The number of hydrogen-bond acceptors (Lipinski definition) is 4. The molecular formula is C9H20N2O3S2. The minimum Gasteiger partial charge on any atom is -0.368 e. The summed E-state index contributed by atoms with van der Waals surface area (Å²) in [6, 6.07) is 0. The highest BCUT2D eigenvalue weighted by Gasteiger charge is 2.33. The van der Waals surface area contributed by atoms with Gasteiger partial charge in [-0.15, -0.1) is 12.6 Å². The van der Waals surface area contributed by atoms with Crippen molar-refractivity contribution in [3.05, 3.63) is 0 Å². The highest BCUT2D eigenvalue weighted by molar-refractivity contribution is 7.88. The van der Waals surface area contributed by atoms with E-state index in [0.717, 1.165) is 0 Å². The second kappa shape index (κ2) is 6.00. The minimum atomic E-state index is -3.64. The zero-order valence-corrected chi connectivity index (χ0v) is 11.8. The number of ether oxygens (including phenoxy) is 1. The molecule has 0 fully saturated rings. The van der Waals surface area contributed by atoms with Gasteiger partial charge in [0.15, 0.2) is 0 Å². The minimum absolute atomic E-state index is 0.0719. The van der Waals surface area contributed by atoms with Crippen LogP contribution in [0.4, 0.5) is 0 Å². The lowest BCUT2D eigenvalue weighted by Crippen LogP contribution is -2.42. The third kappa shape index (κ3) is 4.82. The Hall–Kier alpha value is -0.110. The van der Waals surface area contributed by atoms with Crippen molar-refractivity contribution < 1.29 is 13.2 Å². The van der Waals surface area contributed by atoms with Gasteiger partial charge in [-0.25, -0.2) is 0 Å². The topological polar surface area (TPSA) is 67.8 Å². The molecule has 0 amide bonds. The number of hydrogen-bond donors (Lipinski definition) is 2. The van der Waals surface area contributed by atoms with Crippen LogP contribution in [0.3, 0.4) is 0 Å². The van der Waals surface area contributed by atoms with Gasteiger partial charge in [-0.05, 0) is 12.8 Å². The first kappa shape index (κ1) is 15.9. The molecule has 16 heavy (non-hydrogen) atoms. The molecule has 0 heterocycles. The molecule has 0 aromatic heterocycles. The predicted molar refractivity (Wildman–Crippen MR) is 69.2 cm³/mol. The number of rotatable bonds is 7. The summed E-state index contributed by atoms with van der Waals surface area (Å²) in [6.07, 6.45) is 0. The molecular weight excluding hydrogens is 248 g/mol. The largest absolute Gasteiger partial charge is 0.368 e. The fraction of sp³-hybridized carbons (Fsp3) is 0.889. The van der Waals surface area contributed by atoms with Crippen molar-refractivity contribution in [3.63, 3.8) is 0 Å². The zero-order valence-electron chi connectivity index (χ0n) is 10.1. The van der Waals surface area contributed by atoms with Crippen LogP contribution in [-0.4, -0.2) is 33.7 Å². The smallest absolute Gasteiger partial charge is 0.319 e. The van der Waals surface area contributed by atoms with E-state index in [2.05, 4.69) is 28.5 Å². The summed E-state index contributed by atoms with van der Waals surface area (Å²) in [5.74, 6) is 0.146. The van der Waals surface area contributed by atoms with Gasteiger partial charge in [-0.1, -0.05) is 13.8 Å². The lowest BCUT2D eigenvalue weighted by molar-refractivity contribution is 0.0212. The van der Waals surface area contributed by atoms with E-state index < -0.39 is 15.1 Å². The van der Waals surface area contributed by atoms with Crippen LogP contribution in [0.2, 0.25) is 0 Å². The Morgan fingerprint density at radius 2 is 2.06 bits per heavy atom. The number of methoxy groups -OCH3 is 1. The van der Waals surface area contributed by atoms with Crippen molar-refractivity contribution in [3.8, 4) is 0 Å². The SMILES string of the molecule is C=NS(=O)(=O)NC[C@H](C(C)C)C(C)(S)OC. The Bertz CT molecular complexity index is 326. The highest BCUT2D eigenvalue weighted by Crippen LogP contribution is 2.30. The van der Waals surface area contributed by atoms with Crippen LogP contribution in [0.1, 0.15) is 20.8 Å². The van der Waals surface area contributed by atoms with Crippen LogP contribution < -0.4 is 4.72 Å². The first-order valence-corrected chi connectivity index (χ1v) is 6.80. The van der Waals surface area contributed by atoms with Crippen LogP contribution in [-0.2, 0) is 14.9 Å². The van der Waals surface area contributed by atoms with Gasteiger partial charge in [0.25, 0.3) is 0 Å². The molecule has 0 saturated carbocycles. The van der Waals surface area contributed by atoms with E-state index in [4.69, 9.17) is 4.74 Å². The molecule has 0 aliphatic heterocycles. The molecule has 0 radical (unpaired) electrons. The first-order chi connectivity index (χ1) is 7.16. The molecule has 0 spiro atoms. The van der Waals surface area contributed by atoms with E-state index in [0.29, 0.717) is 0 Å². The van der Waals surface area contributed by atoms with Gasteiger partial charge in [0, 0.05) is 26.3 Å². The molecule has 0 aliphatic carbocycles. The second-order valence-corrected chi connectivity index (χ2v) is 6.45. The Labute approximate surface area is 103 Å². The molecule has 0 saturated heterocycles. The van der Waals surface area contributed by atoms with Gasteiger partial charge < -0.3 is 4.74 Å². The fourth-order valence-corrected chi connectivity index (χ4v) is 2.31. The maximum absolute atomic E-state index is 11.1. The first-order valence-electron chi connectivity index (χ1n) is 4.91. The molecule has 0 aromatic rings. The van der Waals surface area contributed by atoms with Crippen molar-refractivity contribution >= 4 is 29.6 Å². The molecule has 7 heteroatoms. The predicted octanol–water partition coefficient (Wildman–Crippen LogP) is 1.09. The third-order valence-corrected chi connectivity index (χ3v) is 3.95. The monoisotopic (exact) mass is 268 g/mol. The maximum Gasteiger partial charge on any atom is 0.319 e. The van der Waals surface area contributed by atoms with Gasteiger partial charge in [0.1, 0.15) is 4.93 Å². The van der Waals surface area contributed by atoms with Gasteiger partial charge in [-0.3, -0.25) is 0 Å². The standard InChI is InChI=1S/C9H20N2O3S2/c1-7(2)8(9(3,15)14-5)6-11-16(12,13)10-4/h7-8,11,15H,4,6H2,1-3,5H3/t8-,9?/m1/s1. The van der Waals surface area contributed by atoms with Crippen LogP contribution >= 0.6 is 12.6 Å². The van der Waals surface area contributed by atoms with Crippen molar-refractivity contribution in [2.45, 2.75) is 25.7 Å². The van der Waals surface area contributed by atoms with Crippen molar-refractivity contribution in [1.82, 2.24) is 4.72 Å². The van der Waals surface area contributed by atoms with Crippen molar-refractivity contribution in [1.29, 1.82) is 0 Å². The molecule has 1 N–H and O–H groups in total. The lowest BCUT2D eigenvalue weighted by atomic mass is 9.90. The summed E-state index contributed by atoms with van der Waals surface area (Å²) in [4.78, 5) is -0.697. The Kier molecular flexibility index (Phi) is 5.95. The molecule has 1 unspecified atom stereocenters. The zero-order chi connectivity index (χ0) is 13.0. The summed E-state index contributed by atoms with van der Waals surface area (Å²) < 4.78 is 32.9. The van der Waals surface area contributed by atoms with Gasteiger partial charge >= 0.3 is 10.2 Å². The summed E-state index contributed by atoms with van der Waals surface area (Å²) >= 11 is 4.38. The second-order valence-electron chi connectivity index (χ2n) is 4.06. The molecule has 2 atom stereocenters. The molecule has 0 aromatic carbocycles. The van der Waals surface area contributed by atoms with Crippen LogP contribution in [0.5, 0.6) is 0 Å². The normalized spacial score (nSPS) is 18.1. The van der Waals surface area contributed by atoms with Crippen LogP contribution in [0, 0.1) is 11.8 Å². The summed E-state index contributed by atoms with van der Waals surface area (Å²) in [7, 11) is -2.10. The van der Waals surface area contributed by atoms with Crippen LogP contribution in [0.25, 0.3) is 0 Å². The van der Waals surface area contributed by atoms with E-state index in [9.17, 15) is 8.42 Å². The molecule has 0 aliphatic rings. The van der Waals surface area contributed by atoms with Gasteiger partial charge in [-0.2, -0.15) is 17.5 Å².